The summed E-state index contributed by atoms with van der Waals surface area (Å²) in [6, 6.07) is 2.15. The molecule has 0 bridgehead atoms. The number of amides is 1. The van der Waals surface area contributed by atoms with Crippen LogP contribution in [0.3, 0.4) is 0 Å². The van der Waals surface area contributed by atoms with E-state index in [-0.39, 0.29) is 0 Å². The molecule has 1 aromatic rings. The highest BCUT2D eigenvalue weighted by atomic mass is 32.1. The third-order valence-corrected chi connectivity index (χ3v) is 5.00. The average Bonchev–Trinajstić information content (AvgIpc) is 2.74. The van der Waals surface area contributed by atoms with Gasteiger partial charge in [0.2, 0.25) is 5.91 Å². The van der Waals surface area contributed by atoms with E-state index in [0.717, 1.165) is 19.6 Å². The lowest BCUT2D eigenvalue weighted by molar-refractivity contribution is -0.132. The molecule has 0 saturated carbocycles. The highest BCUT2D eigenvalue weighted by Gasteiger charge is 2.17. The minimum absolute atomic E-state index is 0.295. The van der Waals surface area contributed by atoms with Gasteiger partial charge in [-0.05, 0) is 43.8 Å². The molecule has 1 amide bonds. The van der Waals surface area contributed by atoms with Gasteiger partial charge in [0.1, 0.15) is 0 Å². The van der Waals surface area contributed by atoms with Gasteiger partial charge >= 0.3 is 0 Å². The fraction of sp³-hybridized carbons (Fsp3) is 0.688. The molecule has 0 N–H and O–H groups in total. The van der Waals surface area contributed by atoms with Crippen LogP contribution in [0.4, 0.5) is 0 Å². The van der Waals surface area contributed by atoms with Gasteiger partial charge in [-0.3, -0.25) is 9.69 Å². The minimum atomic E-state index is 0.295. The Bertz CT molecular complexity index is 422. The van der Waals surface area contributed by atoms with Gasteiger partial charge in [-0.25, -0.2) is 0 Å². The third kappa shape index (κ3) is 4.60. The van der Waals surface area contributed by atoms with Crippen LogP contribution in [0.1, 0.15) is 42.5 Å². The molecule has 4 heteroatoms. The first-order chi connectivity index (χ1) is 9.66. The summed E-state index contributed by atoms with van der Waals surface area (Å²) in [5, 5.41) is 2.12. The van der Waals surface area contributed by atoms with E-state index < -0.39 is 0 Å². The Balaban J connectivity index is 1.81. The molecule has 0 unspecified atom stereocenters. The van der Waals surface area contributed by atoms with Crippen molar-refractivity contribution in [3.8, 4) is 0 Å². The zero-order chi connectivity index (χ0) is 14.4. The van der Waals surface area contributed by atoms with Crippen LogP contribution in [-0.4, -0.2) is 42.4 Å². The largest absolute Gasteiger partial charge is 0.342 e. The van der Waals surface area contributed by atoms with E-state index in [1.54, 1.807) is 11.3 Å². The molecule has 1 aliphatic heterocycles. The second-order valence-electron chi connectivity index (χ2n) is 5.85. The van der Waals surface area contributed by atoms with Crippen molar-refractivity contribution in [2.24, 2.45) is 0 Å². The molecule has 0 atom stereocenters. The normalized spacial score (nSPS) is 17.1. The molecule has 1 saturated heterocycles. The molecule has 20 heavy (non-hydrogen) atoms. The molecule has 0 radical (unpaired) electrons. The van der Waals surface area contributed by atoms with Crippen molar-refractivity contribution in [1.82, 2.24) is 9.80 Å². The predicted molar refractivity (Wildman–Crippen MR) is 85.1 cm³/mol. The van der Waals surface area contributed by atoms with Crippen molar-refractivity contribution >= 4 is 17.2 Å². The lowest BCUT2D eigenvalue weighted by Crippen LogP contribution is -2.40. The molecular weight excluding hydrogens is 268 g/mol. The van der Waals surface area contributed by atoms with Gasteiger partial charge < -0.3 is 4.90 Å². The number of carbonyl (C=O) groups excluding carboxylic acids is 1. The van der Waals surface area contributed by atoms with Gasteiger partial charge in [-0.15, -0.1) is 11.3 Å². The molecule has 0 spiro atoms. The van der Waals surface area contributed by atoms with Crippen molar-refractivity contribution in [3.05, 3.63) is 21.9 Å². The zero-order valence-corrected chi connectivity index (χ0v) is 13.5. The molecule has 1 aromatic heterocycles. The Hall–Kier alpha value is -0.870. The molecule has 1 aliphatic rings. The Morgan fingerprint density at radius 2 is 1.90 bits per heavy atom. The zero-order valence-electron chi connectivity index (χ0n) is 12.7. The second kappa shape index (κ2) is 7.79. The summed E-state index contributed by atoms with van der Waals surface area (Å²) in [5.74, 6) is 0.295. The van der Waals surface area contributed by atoms with Gasteiger partial charge in [-0.2, -0.15) is 0 Å². The topological polar surface area (TPSA) is 23.6 Å². The van der Waals surface area contributed by atoms with Gasteiger partial charge in [0.25, 0.3) is 0 Å². The monoisotopic (exact) mass is 294 g/mol. The summed E-state index contributed by atoms with van der Waals surface area (Å²) >= 11 is 1.78. The van der Waals surface area contributed by atoms with Crippen molar-refractivity contribution < 1.29 is 4.79 Å². The molecule has 0 aliphatic carbocycles. The quantitative estimate of drug-likeness (QED) is 0.851. The number of thiophene rings is 1. The first kappa shape index (κ1) is 15.5. The van der Waals surface area contributed by atoms with Crippen LogP contribution < -0.4 is 0 Å². The Morgan fingerprint density at radius 1 is 1.25 bits per heavy atom. The van der Waals surface area contributed by atoms with Crippen LogP contribution in [0.5, 0.6) is 0 Å². The van der Waals surface area contributed by atoms with Crippen molar-refractivity contribution in [3.63, 3.8) is 0 Å². The van der Waals surface area contributed by atoms with Crippen molar-refractivity contribution in [2.45, 2.75) is 45.6 Å². The fourth-order valence-corrected chi connectivity index (χ4v) is 3.68. The first-order valence-corrected chi connectivity index (χ1v) is 8.54. The lowest BCUT2D eigenvalue weighted by atomic mass is 10.1. The molecule has 2 rings (SSSR count). The van der Waals surface area contributed by atoms with Gasteiger partial charge in [0, 0.05) is 24.5 Å². The van der Waals surface area contributed by atoms with Gasteiger partial charge in [0.15, 0.2) is 0 Å². The first-order valence-electron chi connectivity index (χ1n) is 7.66. The Morgan fingerprint density at radius 3 is 2.50 bits per heavy atom. The van der Waals surface area contributed by atoms with Gasteiger partial charge in [0.05, 0.1) is 6.54 Å². The smallest absolute Gasteiger partial charge is 0.236 e. The van der Waals surface area contributed by atoms with Crippen molar-refractivity contribution in [2.75, 3.05) is 26.7 Å². The van der Waals surface area contributed by atoms with E-state index in [9.17, 15) is 4.79 Å². The van der Waals surface area contributed by atoms with E-state index in [2.05, 4.69) is 28.2 Å². The lowest BCUT2D eigenvalue weighted by Gasteiger charge is -2.27. The number of rotatable bonds is 4. The summed E-state index contributed by atoms with van der Waals surface area (Å²) in [6.07, 6.45) is 6.21. The summed E-state index contributed by atoms with van der Waals surface area (Å²) in [6.45, 7) is 5.45. The van der Waals surface area contributed by atoms with E-state index >= 15 is 0 Å². The van der Waals surface area contributed by atoms with Crippen molar-refractivity contribution in [1.29, 1.82) is 0 Å². The van der Waals surface area contributed by atoms with E-state index in [1.165, 1.54) is 42.5 Å². The summed E-state index contributed by atoms with van der Waals surface area (Å²) in [4.78, 5) is 17.9. The number of aryl methyl sites for hydroxylation is 1. The molecule has 3 nitrogen and oxygen atoms in total. The Labute approximate surface area is 126 Å². The van der Waals surface area contributed by atoms with Crippen LogP contribution in [0, 0.1) is 6.92 Å². The maximum Gasteiger partial charge on any atom is 0.236 e. The molecule has 112 valence electrons. The molecule has 1 fully saturated rings. The number of hydrogen-bond acceptors (Lipinski definition) is 3. The van der Waals surface area contributed by atoms with E-state index in [0.29, 0.717) is 12.5 Å². The second-order valence-corrected chi connectivity index (χ2v) is 6.85. The Kier molecular flexibility index (Phi) is 6.05. The highest BCUT2D eigenvalue weighted by Crippen LogP contribution is 2.17. The predicted octanol–water partition coefficient (Wildman–Crippen LogP) is 3.28. The highest BCUT2D eigenvalue weighted by molar-refractivity contribution is 7.10. The number of likely N-dealkylation sites (tertiary alicyclic amines) is 1. The SMILES string of the molecule is Cc1ccsc1CN(C)CC(=O)N1CCCCCCC1. The maximum atomic E-state index is 12.4. The van der Waals surface area contributed by atoms with E-state index in [1.807, 2.05) is 7.05 Å². The molecular formula is C16H26N2OS. The standard InChI is InChI=1S/C16H26N2OS/c1-14-8-11-20-15(14)12-17(2)13-16(19)18-9-6-4-3-5-7-10-18/h8,11H,3-7,9-10,12-13H2,1-2H3. The minimum Gasteiger partial charge on any atom is -0.342 e. The number of likely N-dealkylation sites (N-methyl/N-ethyl adjacent to an activating group) is 1. The summed E-state index contributed by atoms with van der Waals surface area (Å²) in [7, 11) is 2.04. The molecule has 2 heterocycles. The number of carbonyl (C=O) groups is 1. The van der Waals surface area contributed by atoms with Crippen LogP contribution in [-0.2, 0) is 11.3 Å². The van der Waals surface area contributed by atoms with Crippen LogP contribution >= 0.6 is 11.3 Å². The molecule has 0 aromatic carbocycles. The van der Waals surface area contributed by atoms with Crippen LogP contribution in [0.25, 0.3) is 0 Å². The van der Waals surface area contributed by atoms with Crippen LogP contribution in [0.15, 0.2) is 11.4 Å². The fourth-order valence-electron chi connectivity index (χ4n) is 2.69. The number of nitrogens with zero attached hydrogens (tertiary/aromatic N) is 2. The summed E-state index contributed by atoms with van der Waals surface area (Å²) < 4.78 is 0. The van der Waals surface area contributed by atoms with Crippen LogP contribution in [0.2, 0.25) is 0 Å². The van der Waals surface area contributed by atoms with Gasteiger partial charge in [-0.1, -0.05) is 19.3 Å². The average molecular weight is 294 g/mol. The van der Waals surface area contributed by atoms with E-state index in [4.69, 9.17) is 0 Å². The third-order valence-electron chi connectivity index (χ3n) is 4.00. The number of hydrogen-bond donors (Lipinski definition) is 0. The summed E-state index contributed by atoms with van der Waals surface area (Å²) in [5.41, 5.74) is 1.33. The maximum absolute atomic E-state index is 12.4.